The number of hydrogen-bond donors (Lipinski definition) is 2. The highest BCUT2D eigenvalue weighted by Crippen LogP contribution is 2.01. The number of carboxylic acid groups (broad SMARTS) is 2. The molecule has 0 radical (unpaired) electrons. The van der Waals surface area contributed by atoms with Crippen molar-refractivity contribution in [1.29, 1.82) is 0 Å². The number of hydrogen-bond acceptors (Lipinski definition) is 2. The summed E-state index contributed by atoms with van der Waals surface area (Å²) in [6, 6.07) is 8.84. The van der Waals surface area contributed by atoms with Crippen molar-refractivity contribution in [3.8, 4) is 0 Å². The summed E-state index contributed by atoms with van der Waals surface area (Å²) in [6.45, 7) is -0.457. The fourth-order valence-corrected chi connectivity index (χ4v) is 1.45. The van der Waals surface area contributed by atoms with Crippen molar-refractivity contribution in [3.05, 3.63) is 30.3 Å². The zero-order valence-electron chi connectivity index (χ0n) is 8.09. The molecule has 2 N–H and O–H groups in total. The summed E-state index contributed by atoms with van der Waals surface area (Å²) in [7, 11) is 0. The van der Waals surface area contributed by atoms with Crippen LogP contribution in [0.4, 0.5) is 0 Å². The summed E-state index contributed by atoms with van der Waals surface area (Å²) in [4.78, 5) is 21.1. The number of benzene rings is 1. The monoisotopic (exact) mass is 206 g/mol. The molecule has 78 valence electrons. The number of rotatable bonds is 5. The Kier molecular flexibility index (Phi) is 3.91. The molecule has 0 saturated heterocycles. The van der Waals surface area contributed by atoms with Crippen molar-refractivity contribution in [2.75, 3.05) is 0 Å². The maximum absolute atomic E-state index is 10.6. The van der Waals surface area contributed by atoms with E-state index in [0.29, 0.717) is 0 Å². The molecule has 1 aromatic carbocycles. The lowest BCUT2D eigenvalue weighted by Gasteiger charge is -2.08. The molecule has 15 heavy (non-hydrogen) atoms. The van der Waals surface area contributed by atoms with E-state index < -0.39 is 18.7 Å². The Bertz CT molecular complexity index is 334. The van der Waals surface area contributed by atoms with E-state index in [1.165, 1.54) is 0 Å². The highest BCUT2D eigenvalue weighted by Gasteiger charge is 2.22. The van der Waals surface area contributed by atoms with Crippen LogP contribution in [0.25, 0.3) is 0 Å². The zero-order valence-corrected chi connectivity index (χ0v) is 8.09. The van der Waals surface area contributed by atoms with Crippen molar-refractivity contribution in [2.45, 2.75) is 12.6 Å². The topological polar surface area (TPSA) is 74.6 Å². The molecule has 0 atom stereocenters. The van der Waals surface area contributed by atoms with Crippen molar-refractivity contribution < 1.29 is 19.8 Å². The van der Waals surface area contributed by atoms with E-state index in [4.69, 9.17) is 10.2 Å². The van der Waals surface area contributed by atoms with Gasteiger partial charge < -0.3 is 10.2 Å². The predicted octanol–water partition coefficient (Wildman–Crippen LogP) is 0.558. The third kappa shape index (κ3) is 3.85. The van der Waals surface area contributed by atoms with Crippen LogP contribution in [0.2, 0.25) is 12.6 Å². The van der Waals surface area contributed by atoms with E-state index in [9.17, 15) is 9.59 Å². The highest BCUT2D eigenvalue weighted by molar-refractivity contribution is 6.77. The van der Waals surface area contributed by atoms with Gasteiger partial charge in [0.1, 0.15) is 0 Å². The first-order valence-corrected chi connectivity index (χ1v) is 4.58. The van der Waals surface area contributed by atoms with Crippen LogP contribution in [0.15, 0.2) is 30.3 Å². The van der Waals surface area contributed by atoms with Gasteiger partial charge in [-0.1, -0.05) is 35.8 Å². The van der Waals surface area contributed by atoms with Gasteiger partial charge in [-0.05, 0) is 0 Å². The summed E-state index contributed by atoms with van der Waals surface area (Å²) in [5.41, 5.74) is 0.752. The molecule has 1 aromatic rings. The Hall–Kier alpha value is -1.78. The molecular weight excluding hydrogens is 195 g/mol. The van der Waals surface area contributed by atoms with Gasteiger partial charge in [-0.2, -0.15) is 0 Å². The molecule has 0 aliphatic carbocycles. The average Bonchev–Trinajstić information content (AvgIpc) is 2.17. The lowest BCUT2D eigenvalue weighted by Crippen LogP contribution is -2.34. The first kappa shape index (κ1) is 11.3. The predicted molar refractivity (Wildman–Crippen MR) is 56.7 cm³/mol. The minimum atomic E-state index is -0.981. The van der Waals surface area contributed by atoms with Crippen LogP contribution in [0.3, 0.4) is 0 Å². The normalized spacial score (nSPS) is 9.60. The van der Waals surface area contributed by atoms with Gasteiger partial charge in [0.05, 0.1) is 0 Å². The Morgan fingerprint density at radius 2 is 1.47 bits per heavy atom. The lowest BCUT2D eigenvalue weighted by atomic mass is 9.40. The number of carbonyl (C=O) groups is 2. The zero-order chi connectivity index (χ0) is 11.3. The number of carboxylic acids is 2. The van der Waals surface area contributed by atoms with E-state index in [0.717, 1.165) is 5.46 Å². The summed E-state index contributed by atoms with van der Waals surface area (Å²) < 4.78 is 0. The van der Waals surface area contributed by atoms with Gasteiger partial charge in [0.25, 0.3) is 11.9 Å². The van der Waals surface area contributed by atoms with E-state index in [-0.39, 0.29) is 12.6 Å². The molecule has 1 rings (SSSR count). The van der Waals surface area contributed by atoms with Crippen LogP contribution < -0.4 is 5.46 Å². The third-order valence-electron chi connectivity index (χ3n) is 2.11. The number of aliphatic carboxylic acids is 2. The molecule has 0 unspecified atom stereocenters. The second-order valence-electron chi connectivity index (χ2n) is 3.30. The molecule has 0 spiro atoms. The molecular formula is C10H11BO4. The summed E-state index contributed by atoms with van der Waals surface area (Å²) in [6.07, 6.45) is -0.313. The summed E-state index contributed by atoms with van der Waals surface area (Å²) in [5, 5.41) is 17.3. The van der Waals surface area contributed by atoms with Crippen LogP contribution in [-0.2, 0) is 9.59 Å². The van der Waals surface area contributed by atoms with Gasteiger partial charge in [0.15, 0.2) is 0 Å². The smallest absolute Gasteiger partial charge is 0.296 e. The molecule has 5 heteroatoms. The van der Waals surface area contributed by atoms with Gasteiger partial charge >= 0.3 is 0 Å². The highest BCUT2D eigenvalue weighted by atomic mass is 16.4. The maximum atomic E-state index is 10.6. The van der Waals surface area contributed by atoms with Crippen LogP contribution in [0.5, 0.6) is 0 Å². The van der Waals surface area contributed by atoms with Crippen LogP contribution in [0.1, 0.15) is 0 Å². The molecule has 4 nitrogen and oxygen atoms in total. The Morgan fingerprint density at radius 1 is 1.00 bits per heavy atom. The molecule has 0 heterocycles. The minimum absolute atomic E-state index is 0.156. The molecule has 0 bridgehead atoms. The Morgan fingerprint density at radius 3 is 1.87 bits per heavy atom. The standard InChI is InChI=1S/C10H11BO4/c12-9(13)6-11(7-10(14)15)8-4-2-1-3-5-8/h1-5H,6-7H2,(H,12,13)(H,14,15). The molecule has 0 aromatic heterocycles. The molecule has 0 fully saturated rings. The fourth-order valence-electron chi connectivity index (χ4n) is 1.45. The molecule has 0 aliphatic rings. The van der Waals surface area contributed by atoms with Gasteiger partial charge in [0, 0.05) is 12.6 Å². The van der Waals surface area contributed by atoms with Crippen molar-refractivity contribution >= 4 is 24.1 Å². The van der Waals surface area contributed by atoms with Gasteiger partial charge in [0.2, 0.25) is 6.71 Å². The van der Waals surface area contributed by atoms with E-state index >= 15 is 0 Å². The van der Waals surface area contributed by atoms with Crippen LogP contribution >= 0.6 is 0 Å². The SMILES string of the molecule is O=C(O)CB(CC(=O)O)c1ccccc1. The van der Waals surface area contributed by atoms with Crippen LogP contribution in [-0.4, -0.2) is 28.9 Å². The van der Waals surface area contributed by atoms with Crippen molar-refractivity contribution in [3.63, 3.8) is 0 Å². The first-order chi connectivity index (χ1) is 7.09. The molecule has 0 aliphatic heterocycles. The summed E-state index contributed by atoms with van der Waals surface area (Å²) >= 11 is 0. The Balaban J connectivity index is 2.81. The largest absolute Gasteiger partial charge is 0.482 e. The molecule has 0 saturated carbocycles. The second-order valence-corrected chi connectivity index (χ2v) is 3.30. The van der Waals surface area contributed by atoms with Crippen LogP contribution in [0, 0.1) is 0 Å². The van der Waals surface area contributed by atoms with Gasteiger partial charge in [-0.15, -0.1) is 0 Å². The van der Waals surface area contributed by atoms with Crippen molar-refractivity contribution in [1.82, 2.24) is 0 Å². The molecule has 0 amide bonds. The second kappa shape index (κ2) is 5.19. The first-order valence-electron chi connectivity index (χ1n) is 4.58. The van der Waals surface area contributed by atoms with E-state index in [1.54, 1.807) is 24.3 Å². The third-order valence-corrected chi connectivity index (χ3v) is 2.11. The summed E-state index contributed by atoms with van der Waals surface area (Å²) in [5.74, 6) is -1.96. The lowest BCUT2D eigenvalue weighted by molar-refractivity contribution is -0.134. The fraction of sp³-hybridized carbons (Fsp3) is 0.200. The maximum Gasteiger partial charge on any atom is 0.296 e. The quantitative estimate of drug-likeness (QED) is 0.690. The van der Waals surface area contributed by atoms with E-state index in [2.05, 4.69) is 0 Å². The van der Waals surface area contributed by atoms with Gasteiger partial charge in [-0.25, -0.2) is 0 Å². The Labute approximate surface area is 87.6 Å². The van der Waals surface area contributed by atoms with E-state index in [1.807, 2.05) is 6.07 Å². The van der Waals surface area contributed by atoms with Gasteiger partial charge in [-0.3, -0.25) is 9.59 Å². The average molecular weight is 206 g/mol. The minimum Gasteiger partial charge on any atom is -0.482 e. The van der Waals surface area contributed by atoms with Crippen molar-refractivity contribution in [2.24, 2.45) is 0 Å².